The minimum Gasteiger partial charge on any atom is -0.383 e. The van der Waals surface area contributed by atoms with Crippen molar-refractivity contribution in [2.75, 3.05) is 18.0 Å². The maximum atomic E-state index is 14.3. The van der Waals surface area contributed by atoms with Crippen molar-refractivity contribution in [2.45, 2.75) is 12.0 Å². The Kier molecular flexibility index (Phi) is 4.52. The summed E-state index contributed by atoms with van der Waals surface area (Å²) in [5, 5.41) is 20.0. The van der Waals surface area contributed by atoms with Crippen molar-refractivity contribution < 1.29 is 13.9 Å². The van der Waals surface area contributed by atoms with E-state index in [1.807, 2.05) is 6.07 Å². The zero-order valence-corrected chi connectivity index (χ0v) is 14.7. The molecule has 1 heterocycles. The maximum absolute atomic E-state index is 14.3. The van der Waals surface area contributed by atoms with Gasteiger partial charge in [-0.1, -0.05) is 11.6 Å². The molecule has 1 unspecified atom stereocenters. The number of hydrogen-bond acceptors (Lipinski definition) is 3. The van der Waals surface area contributed by atoms with Crippen molar-refractivity contribution in [1.29, 1.82) is 5.26 Å². The average molecular weight is 414 g/mol. The molecule has 1 saturated heterocycles. The zero-order chi connectivity index (χ0) is 17.5. The minimum atomic E-state index is -1.64. The SMILES string of the molecule is N#Cc1ccc(N2CCC(O)(c3c(F)ccc(Br)c3F)C2)cc1Cl. The lowest BCUT2D eigenvalue weighted by Gasteiger charge is -2.26. The van der Waals surface area contributed by atoms with Gasteiger partial charge >= 0.3 is 0 Å². The van der Waals surface area contributed by atoms with E-state index in [9.17, 15) is 13.9 Å². The van der Waals surface area contributed by atoms with Crippen molar-refractivity contribution in [3.05, 3.63) is 62.6 Å². The Morgan fingerprint density at radius 2 is 2.04 bits per heavy atom. The van der Waals surface area contributed by atoms with Crippen LogP contribution in [0.2, 0.25) is 5.02 Å². The lowest BCUT2D eigenvalue weighted by atomic mass is 9.92. The van der Waals surface area contributed by atoms with Gasteiger partial charge in [-0.3, -0.25) is 0 Å². The van der Waals surface area contributed by atoms with Crippen LogP contribution in [0, 0.1) is 23.0 Å². The third-order valence-corrected chi connectivity index (χ3v) is 5.12. The fourth-order valence-corrected chi connectivity index (χ4v) is 3.51. The van der Waals surface area contributed by atoms with Crippen molar-refractivity contribution in [1.82, 2.24) is 0 Å². The van der Waals surface area contributed by atoms with E-state index in [0.717, 1.165) is 6.07 Å². The molecule has 3 nitrogen and oxygen atoms in total. The molecule has 0 aliphatic carbocycles. The van der Waals surface area contributed by atoms with Gasteiger partial charge in [0.25, 0.3) is 0 Å². The Hall–Kier alpha value is -1.68. The Bertz CT molecular complexity index is 855. The minimum absolute atomic E-state index is 0.0273. The third kappa shape index (κ3) is 2.88. The Morgan fingerprint density at radius 1 is 1.29 bits per heavy atom. The van der Waals surface area contributed by atoms with Crippen LogP contribution < -0.4 is 4.90 Å². The summed E-state index contributed by atoms with van der Waals surface area (Å²) in [5.74, 6) is -1.57. The number of anilines is 1. The third-order valence-electron chi connectivity index (χ3n) is 4.20. The summed E-state index contributed by atoms with van der Waals surface area (Å²) >= 11 is 9.05. The van der Waals surface area contributed by atoms with E-state index in [1.165, 1.54) is 6.07 Å². The number of hydrogen-bond donors (Lipinski definition) is 1. The zero-order valence-electron chi connectivity index (χ0n) is 12.4. The van der Waals surface area contributed by atoms with Crippen LogP contribution in [0.3, 0.4) is 0 Å². The Balaban J connectivity index is 1.94. The fraction of sp³-hybridized carbons (Fsp3) is 0.235. The highest BCUT2D eigenvalue weighted by molar-refractivity contribution is 9.10. The molecule has 1 atom stereocenters. The highest BCUT2D eigenvalue weighted by atomic mass is 79.9. The van der Waals surface area contributed by atoms with E-state index in [2.05, 4.69) is 15.9 Å². The topological polar surface area (TPSA) is 47.3 Å². The molecule has 3 rings (SSSR count). The van der Waals surface area contributed by atoms with Crippen LogP contribution >= 0.6 is 27.5 Å². The summed E-state index contributed by atoms with van der Waals surface area (Å²) in [5.41, 5.74) is -0.943. The Morgan fingerprint density at radius 3 is 2.71 bits per heavy atom. The van der Waals surface area contributed by atoms with Crippen LogP contribution in [0.1, 0.15) is 17.5 Å². The number of β-amino-alcohol motifs (C(OH)–C–C–N with tert-alkyl or cyclic N) is 1. The predicted molar refractivity (Wildman–Crippen MR) is 91.0 cm³/mol. The smallest absolute Gasteiger partial charge is 0.146 e. The van der Waals surface area contributed by atoms with E-state index >= 15 is 0 Å². The first-order valence-corrected chi connectivity index (χ1v) is 8.34. The lowest BCUT2D eigenvalue weighted by molar-refractivity contribution is 0.0526. The lowest BCUT2D eigenvalue weighted by Crippen LogP contribution is -2.33. The molecule has 1 aliphatic heterocycles. The second-order valence-corrected chi connectivity index (χ2v) is 6.96. The van der Waals surface area contributed by atoms with Gasteiger partial charge in [0, 0.05) is 12.2 Å². The number of aliphatic hydroxyl groups is 1. The summed E-state index contributed by atoms with van der Waals surface area (Å²) < 4.78 is 28.6. The average Bonchev–Trinajstić information content (AvgIpc) is 2.94. The number of nitriles is 1. The molecular formula is C17H12BrClF2N2O. The van der Waals surface area contributed by atoms with Gasteiger partial charge in [0.1, 0.15) is 23.3 Å². The largest absolute Gasteiger partial charge is 0.383 e. The first-order valence-electron chi connectivity index (χ1n) is 7.17. The molecule has 0 saturated carbocycles. The fourth-order valence-electron chi connectivity index (χ4n) is 2.96. The van der Waals surface area contributed by atoms with Gasteiger partial charge in [0.05, 0.1) is 27.2 Å². The van der Waals surface area contributed by atoms with Gasteiger partial charge in [0.15, 0.2) is 0 Å². The molecule has 24 heavy (non-hydrogen) atoms. The number of nitrogens with zero attached hydrogens (tertiary/aromatic N) is 2. The van der Waals surface area contributed by atoms with E-state index in [4.69, 9.17) is 16.9 Å². The van der Waals surface area contributed by atoms with Crippen LogP contribution in [0.15, 0.2) is 34.8 Å². The molecule has 1 fully saturated rings. The van der Waals surface area contributed by atoms with Crippen LogP contribution in [0.4, 0.5) is 14.5 Å². The van der Waals surface area contributed by atoms with Gasteiger partial charge < -0.3 is 10.0 Å². The van der Waals surface area contributed by atoms with Crippen LogP contribution in [0.5, 0.6) is 0 Å². The Labute approximate surface area is 151 Å². The van der Waals surface area contributed by atoms with Crippen LogP contribution in [-0.2, 0) is 5.60 Å². The number of benzene rings is 2. The summed E-state index contributed by atoms with van der Waals surface area (Å²) in [4.78, 5) is 1.78. The van der Waals surface area contributed by atoms with Gasteiger partial charge in [-0.05, 0) is 52.7 Å². The van der Waals surface area contributed by atoms with Gasteiger partial charge in [-0.2, -0.15) is 5.26 Å². The van der Waals surface area contributed by atoms with Crippen LogP contribution in [0.25, 0.3) is 0 Å². The molecule has 2 aromatic carbocycles. The van der Waals surface area contributed by atoms with E-state index in [-0.39, 0.29) is 23.0 Å². The van der Waals surface area contributed by atoms with Crippen molar-refractivity contribution in [3.8, 4) is 6.07 Å². The normalized spacial score (nSPS) is 20.2. The molecule has 0 aromatic heterocycles. The summed E-state index contributed by atoms with van der Waals surface area (Å²) in [6, 6.07) is 9.25. The molecular weight excluding hydrogens is 402 g/mol. The van der Waals surface area contributed by atoms with Crippen molar-refractivity contribution in [2.24, 2.45) is 0 Å². The monoisotopic (exact) mass is 412 g/mol. The first kappa shape index (κ1) is 17.2. The molecule has 0 bridgehead atoms. The van der Waals surface area contributed by atoms with Gasteiger partial charge in [0.2, 0.25) is 0 Å². The molecule has 7 heteroatoms. The first-order chi connectivity index (χ1) is 11.4. The predicted octanol–water partition coefficient (Wildman–Crippen LogP) is 4.35. The molecule has 0 spiro atoms. The molecule has 0 amide bonds. The standard InChI is InChI=1S/C17H12BrClF2N2O/c18-12-3-4-14(20)15(16(12)21)17(24)5-6-23(9-17)11-2-1-10(8-22)13(19)7-11/h1-4,7,24H,5-6,9H2. The van der Waals surface area contributed by atoms with Crippen LogP contribution in [-0.4, -0.2) is 18.2 Å². The van der Waals surface area contributed by atoms with E-state index in [0.29, 0.717) is 22.8 Å². The van der Waals surface area contributed by atoms with Crippen molar-refractivity contribution >= 4 is 33.2 Å². The quantitative estimate of drug-likeness (QED) is 0.745. The molecule has 1 aliphatic rings. The van der Waals surface area contributed by atoms with Gasteiger partial charge in [-0.15, -0.1) is 0 Å². The molecule has 1 N–H and O–H groups in total. The molecule has 2 aromatic rings. The summed E-state index contributed by atoms with van der Waals surface area (Å²) in [6.07, 6.45) is 0.176. The highest BCUT2D eigenvalue weighted by Gasteiger charge is 2.42. The molecule has 0 radical (unpaired) electrons. The van der Waals surface area contributed by atoms with E-state index < -0.39 is 17.2 Å². The number of rotatable bonds is 2. The van der Waals surface area contributed by atoms with E-state index in [1.54, 1.807) is 23.1 Å². The molecule has 124 valence electrons. The summed E-state index contributed by atoms with van der Waals surface area (Å²) in [6.45, 7) is 0.434. The number of halogens is 4. The summed E-state index contributed by atoms with van der Waals surface area (Å²) in [7, 11) is 0. The second kappa shape index (κ2) is 6.32. The maximum Gasteiger partial charge on any atom is 0.146 e. The highest BCUT2D eigenvalue weighted by Crippen LogP contribution is 2.39. The second-order valence-electron chi connectivity index (χ2n) is 5.70. The van der Waals surface area contributed by atoms with Gasteiger partial charge in [-0.25, -0.2) is 8.78 Å². The van der Waals surface area contributed by atoms with Crippen molar-refractivity contribution in [3.63, 3.8) is 0 Å².